The van der Waals surface area contributed by atoms with Crippen LogP contribution in [0.3, 0.4) is 0 Å². The van der Waals surface area contributed by atoms with E-state index in [1.54, 1.807) is 21.3 Å². The van der Waals surface area contributed by atoms with Crippen molar-refractivity contribution in [3.63, 3.8) is 0 Å². The maximum absolute atomic E-state index is 6.01. The topological polar surface area (TPSA) is 81.3 Å². The lowest BCUT2D eigenvalue weighted by Crippen LogP contribution is -2.37. The Kier molecular flexibility index (Phi) is 8.50. The summed E-state index contributed by atoms with van der Waals surface area (Å²) in [5.41, 5.74) is 7.17. The van der Waals surface area contributed by atoms with Gasteiger partial charge in [-0.15, -0.1) is 0 Å². The van der Waals surface area contributed by atoms with Crippen LogP contribution in [0.4, 0.5) is 0 Å². The Balaban J connectivity index is 1.76. The highest BCUT2D eigenvalue weighted by molar-refractivity contribution is 5.77. The normalized spacial score (nSPS) is 18.1. The molecule has 1 atom stereocenters. The highest BCUT2D eigenvalue weighted by Crippen LogP contribution is 2.27. The second kappa shape index (κ2) is 10.9. The number of likely N-dealkylation sites (tertiary alicyclic amines) is 1. The number of hydrogen-bond acceptors (Lipinski definition) is 5. The molecule has 2 rings (SSSR count). The molecular formula is C19H32N4O3. The van der Waals surface area contributed by atoms with E-state index in [0.717, 1.165) is 56.3 Å². The van der Waals surface area contributed by atoms with Crippen LogP contribution < -0.4 is 20.5 Å². The third kappa shape index (κ3) is 6.07. The number of methoxy groups -OCH3 is 3. The standard InChI is InChI=1S/C19H32N4O3/c1-24-12-11-23-10-4-5-16(23)14-22-19(20)21-9-8-15-6-7-17(25-2)18(13-15)26-3/h6-7,13,16H,4-5,8-12,14H2,1-3H3,(H3,20,21,22). The van der Waals surface area contributed by atoms with Crippen LogP contribution in [0.2, 0.25) is 0 Å². The lowest BCUT2D eigenvalue weighted by Gasteiger charge is -2.22. The Hall–Kier alpha value is -1.99. The molecule has 1 aromatic carbocycles. The second-order valence-corrected chi connectivity index (χ2v) is 6.42. The zero-order valence-electron chi connectivity index (χ0n) is 16.2. The molecule has 3 N–H and O–H groups in total. The summed E-state index contributed by atoms with van der Waals surface area (Å²) in [5, 5.41) is 3.19. The van der Waals surface area contributed by atoms with E-state index in [9.17, 15) is 0 Å². The Morgan fingerprint density at radius 3 is 2.81 bits per heavy atom. The van der Waals surface area contributed by atoms with Crippen LogP contribution in [0.15, 0.2) is 23.2 Å². The quantitative estimate of drug-likeness (QED) is 0.481. The Morgan fingerprint density at radius 1 is 1.27 bits per heavy atom. The van der Waals surface area contributed by atoms with Gasteiger partial charge in [0.05, 0.1) is 27.4 Å². The van der Waals surface area contributed by atoms with E-state index in [-0.39, 0.29) is 0 Å². The predicted molar refractivity (Wildman–Crippen MR) is 104 cm³/mol. The maximum Gasteiger partial charge on any atom is 0.188 e. The monoisotopic (exact) mass is 364 g/mol. The Morgan fingerprint density at radius 2 is 2.08 bits per heavy atom. The molecule has 0 amide bonds. The molecule has 0 saturated carbocycles. The minimum atomic E-state index is 0.469. The third-order valence-corrected chi connectivity index (χ3v) is 4.72. The molecule has 1 heterocycles. The first-order valence-electron chi connectivity index (χ1n) is 9.15. The van der Waals surface area contributed by atoms with Gasteiger partial charge in [0, 0.05) is 26.2 Å². The lowest BCUT2D eigenvalue weighted by molar-refractivity contribution is 0.143. The molecule has 146 valence electrons. The van der Waals surface area contributed by atoms with E-state index in [2.05, 4.69) is 15.2 Å². The summed E-state index contributed by atoms with van der Waals surface area (Å²) in [5.74, 6) is 1.98. The highest BCUT2D eigenvalue weighted by atomic mass is 16.5. The third-order valence-electron chi connectivity index (χ3n) is 4.72. The van der Waals surface area contributed by atoms with Gasteiger partial charge in [-0.05, 0) is 43.5 Å². The van der Waals surface area contributed by atoms with Crippen LogP contribution in [0, 0.1) is 0 Å². The van der Waals surface area contributed by atoms with Gasteiger partial charge in [-0.2, -0.15) is 0 Å². The number of nitrogens with two attached hydrogens (primary N) is 1. The summed E-state index contributed by atoms with van der Waals surface area (Å²) >= 11 is 0. The molecule has 0 radical (unpaired) electrons. The minimum Gasteiger partial charge on any atom is -0.493 e. The van der Waals surface area contributed by atoms with Crippen molar-refractivity contribution in [3.05, 3.63) is 23.8 Å². The van der Waals surface area contributed by atoms with Crippen molar-refractivity contribution in [2.24, 2.45) is 10.7 Å². The van der Waals surface area contributed by atoms with Gasteiger partial charge in [-0.3, -0.25) is 9.89 Å². The Bertz CT molecular complexity index is 580. The zero-order valence-corrected chi connectivity index (χ0v) is 16.2. The molecule has 0 spiro atoms. The summed E-state index contributed by atoms with van der Waals surface area (Å²) in [7, 11) is 5.02. The average Bonchev–Trinajstić information content (AvgIpc) is 3.11. The fraction of sp³-hybridized carbons (Fsp3) is 0.632. The van der Waals surface area contributed by atoms with Crippen LogP contribution in [0.5, 0.6) is 11.5 Å². The van der Waals surface area contributed by atoms with E-state index in [1.807, 2.05) is 18.2 Å². The van der Waals surface area contributed by atoms with Crippen LogP contribution >= 0.6 is 0 Å². The fourth-order valence-electron chi connectivity index (χ4n) is 3.24. The number of rotatable bonds is 10. The van der Waals surface area contributed by atoms with Crippen molar-refractivity contribution in [3.8, 4) is 11.5 Å². The van der Waals surface area contributed by atoms with Crippen molar-refractivity contribution in [1.29, 1.82) is 0 Å². The van der Waals surface area contributed by atoms with Gasteiger partial charge >= 0.3 is 0 Å². The number of benzene rings is 1. The molecule has 1 unspecified atom stereocenters. The van der Waals surface area contributed by atoms with Crippen LogP contribution in [-0.2, 0) is 11.2 Å². The van der Waals surface area contributed by atoms with Gasteiger partial charge in [0.2, 0.25) is 0 Å². The SMILES string of the molecule is COCCN1CCCC1CN=C(N)NCCc1ccc(OC)c(OC)c1. The van der Waals surface area contributed by atoms with Crippen molar-refractivity contribution in [2.75, 3.05) is 54.1 Å². The number of nitrogens with zero attached hydrogens (tertiary/aromatic N) is 2. The molecule has 1 aliphatic rings. The lowest BCUT2D eigenvalue weighted by atomic mass is 10.1. The number of hydrogen-bond donors (Lipinski definition) is 2. The first-order chi connectivity index (χ1) is 12.7. The molecule has 0 bridgehead atoms. The molecule has 1 fully saturated rings. The van der Waals surface area contributed by atoms with Crippen LogP contribution in [-0.4, -0.2) is 71.0 Å². The van der Waals surface area contributed by atoms with Gasteiger partial charge < -0.3 is 25.3 Å². The minimum absolute atomic E-state index is 0.469. The summed E-state index contributed by atoms with van der Waals surface area (Å²) in [4.78, 5) is 6.95. The zero-order chi connectivity index (χ0) is 18.8. The van der Waals surface area contributed by atoms with Gasteiger partial charge in [-0.1, -0.05) is 6.07 Å². The molecule has 1 aliphatic heterocycles. The number of guanidine groups is 1. The summed E-state index contributed by atoms with van der Waals surface area (Å²) < 4.78 is 15.8. The van der Waals surface area contributed by atoms with E-state index in [1.165, 1.54) is 12.8 Å². The van der Waals surface area contributed by atoms with Gasteiger partial charge in [0.15, 0.2) is 17.5 Å². The fourth-order valence-corrected chi connectivity index (χ4v) is 3.24. The number of ether oxygens (including phenoxy) is 3. The average molecular weight is 364 g/mol. The highest BCUT2D eigenvalue weighted by Gasteiger charge is 2.23. The van der Waals surface area contributed by atoms with E-state index >= 15 is 0 Å². The van der Waals surface area contributed by atoms with E-state index in [4.69, 9.17) is 19.9 Å². The number of aliphatic imine (C=N–C) groups is 1. The molecule has 1 aromatic rings. The molecule has 1 saturated heterocycles. The molecule has 26 heavy (non-hydrogen) atoms. The smallest absolute Gasteiger partial charge is 0.188 e. The first kappa shape index (κ1) is 20.3. The van der Waals surface area contributed by atoms with Gasteiger partial charge in [0.1, 0.15) is 0 Å². The van der Waals surface area contributed by atoms with E-state index in [0.29, 0.717) is 12.0 Å². The summed E-state index contributed by atoms with van der Waals surface area (Å²) in [6.45, 7) is 4.31. The molecule has 7 nitrogen and oxygen atoms in total. The maximum atomic E-state index is 6.01. The Labute approximate surface area is 156 Å². The van der Waals surface area contributed by atoms with Crippen LogP contribution in [0.1, 0.15) is 18.4 Å². The number of nitrogens with one attached hydrogen (secondary N) is 1. The van der Waals surface area contributed by atoms with Crippen molar-refractivity contribution in [1.82, 2.24) is 10.2 Å². The van der Waals surface area contributed by atoms with Gasteiger partial charge in [0.25, 0.3) is 0 Å². The van der Waals surface area contributed by atoms with Crippen LogP contribution in [0.25, 0.3) is 0 Å². The molecular weight excluding hydrogens is 332 g/mol. The predicted octanol–water partition coefficient (Wildman–Crippen LogP) is 1.26. The van der Waals surface area contributed by atoms with Crippen molar-refractivity contribution < 1.29 is 14.2 Å². The summed E-state index contributed by atoms with van der Waals surface area (Å²) in [6.07, 6.45) is 3.22. The summed E-state index contributed by atoms with van der Waals surface area (Å²) in [6, 6.07) is 6.40. The molecule has 7 heteroatoms. The first-order valence-corrected chi connectivity index (χ1v) is 9.15. The second-order valence-electron chi connectivity index (χ2n) is 6.42. The van der Waals surface area contributed by atoms with Gasteiger partial charge in [-0.25, -0.2) is 0 Å². The molecule has 0 aliphatic carbocycles. The largest absolute Gasteiger partial charge is 0.493 e. The molecule has 0 aromatic heterocycles. The van der Waals surface area contributed by atoms with Crippen molar-refractivity contribution >= 4 is 5.96 Å². The van der Waals surface area contributed by atoms with E-state index < -0.39 is 0 Å². The van der Waals surface area contributed by atoms with Crippen molar-refractivity contribution in [2.45, 2.75) is 25.3 Å².